The SMILES string of the molecule is CCCCCCCCCCCCCCCCOP(=O)(O)OCCNC(=O)CC[C@@H](NC(=O)[C@H](C)NC(=O)CCl)C(N)=O. The van der Waals surface area contributed by atoms with Crippen LogP contribution < -0.4 is 21.7 Å². The number of nitrogens with two attached hydrogens (primary N) is 1. The summed E-state index contributed by atoms with van der Waals surface area (Å²) in [5.41, 5.74) is 5.30. The highest BCUT2D eigenvalue weighted by molar-refractivity contribution is 7.47. The molecule has 0 aromatic carbocycles. The Morgan fingerprint density at radius 2 is 1.31 bits per heavy atom. The van der Waals surface area contributed by atoms with Crippen LogP contribution in [-0.4, -0.2) is 66.2 Å². The molecule has 0 saturated heterocycles. The third-order valence-electron chi connectivity index (χ3n) is 6.64. The normalized spacial score (nSPS) is 14.0. The van der Waals surface area contributed by atoms with Crippen molar-refractivity contribution in [1.29, 1.82) is 0 Å². The molecule has 0 rings (SSSR count). The largest absolute Gasteiger partial charge is 0.472 e. The van der Waals surface area contributed by atoms with Gasteiger partial charge in [-0.05, 0) is 19.8 Å². The Balaban J connectivity index is 3.88. The third-order valence-corrected chi connectivity index (χ3v) is 7.90. The van der Waals surface area contributed by atoms with Crippen LogP contribution in [0.5, 0.6) is 0 Å². The van der Waals surface area contributed by atoms with E-state index in [4.69, 9.17) is 26.4 Å². The molecule has 246 valence electrons. The minimum atomic E-state index is -4.22. The lowest BCUT2D eigenvalue weighted by atomic mass is 10.0. The topological polar surface area (TPSA) is 186 Å². The maximum absolute atomic E-state index is 12.1. The summed E-state index contributed by atoms with van der Waals surface area (Å²) >= 11 is 5.38. The van der Waals surface area contributed by atoms with Crippen LogP contribution in [0.25, 0.3) is 0 Å². The lowest BCUT2D eigenvalue weighted by Crippen LogP contribution is -2.52. The molecule has 0 heterocycles. The summed E-state index contributed by atoms with van der Waals surface area (Å²) in [5, 5.41) is 7.21. The first-order valence-electron chi connectivity index (χ1n) is 15.4. The van der Waals surface area contributed by atoms with Gasteiger partial charge < -0.3 is 26.6 Å². The molecular weight excluding hydrogens is 587 g/mol. The minimum absolute atomic E-state index is 0.0549. The second kappa shape index (κ2) is 25.7. The standard InChI is InChI=1S/C28H54ClN4O8P/c1-3-4-5-6-7-8-9-10-11-12-13-14-15-16-20-40-42(38,39)41-21-19-31-25(34)18-17-24(27(30)36)33-28(37)23(2)32-26(35)22-29/h23-24H,3-22H2,1-2H3,(H2,30,36)(H,31,34)(H,32,35)(H,33,37)(H,38,39)/t23-,24+/m0/s1. The van der Waals surface area contributed by atoms with E-state index in [2.05, 4.69) is 22.9 Å². The van der Waals surface area contributed by atoms with Gasteiger partial charge >= 0.3 is 7.82 Å². The molecule has 42 heavy (non-hydrogen) atoms. The summed E-state index contributed by atoms with van der Waals surface area (Å²) in [7, 11) is -4.22. The van der Waals surface area contributed by atoms with E-state index in [9.17, 15) is 28.6 Å². The Morgan fingerprint density at radius 1 is 0.810 bits per heavy atom. The van der Waals surface area contributed by atoms with Crippen LogP contribution in [-0.2, 0) is 32.8 Å². The van der Waals surface area contributed by atoms with Crippen molar-refractivity contribution in [2.24, 2.45) is 5.73 Å². The van der Waals surface area contributed by atoms with Crippen LogP contribution >= 0.6 is 19.4 Å². The van der Waals surface area contributed by atoms with Gasteiger partial charge in [0.1, 0.15) is 18.0 Å². The fraction of sp³-hybridized carbons (Fsp3) is 0.857. The zero-order valence-corrected chi connectivity index (χ0v) is 27.2. The molecule has 0 aliphatic carbocycles. The van der Waals surface area contributed by atoms with Gasteiger partial charge in [-0.2, -0.15) is 0 Å². The van der Waals surface area contributed by atoms with Gasteiger partial charge in [-0.3, -0.25) is 28.2 Å². The van der Waals surface area contributed by atoms with Gasteiger partial charge in [0.2, 0.25) is 23.6 Å². The third kappa shape index (κ3) is 23.8. The van der Waals surface area contributed by atoms with Crippen molar-refractivity contribution in [3.05, 3.63) is 0 Å². The minimum Gasteiger partial charge on any atom is -0.368 e. The number of halogens is 1. The second-order valence-electron chi connectivity index (χ2n) is 10.5. The van der Waals surface area contributed by atoms with Crippen LogP contribution in [0.15, 0.2) is 0 Å². The van der Waals surface area contributed by atoms with Crippen LogP contribution in [0.2, 0.25) is 0 Å². The number of hydrogen-bond donors (Lipinski definition) is 5. The van der Waals surface area contributed by atoms with Crippen LogP contribution in [0.1, 0.15) is 117 Å². The van der Waals surface area contributed by atoms with Crippen molar-refractivity contribution in [2.75, 3.05) is 25.6 Å². The highest BCUT2D eigenvalue weighted by Crippen LogP contribution is 2.43. The monoisotopic (exact) mass is 640 g/mol. The Bertz CT molecular complexity index is 821. The zero-order chi connectivity index (χ0) is 31.6. The number of nitrogens with one attached hydrogen (secondary N) is 3. The van der Waals surface area contributed by atoms with Crippen molar-refractivity contribution in [1.82, 2.24) is 16.0 Å². The smallest absolute Gasteiger partial charge is 0.368 e. The fourth-order valence-corrected chi connectivity index (χ4v) is 4.99. The second-order valence-corrected chi connectivity index (χ2v) is 12.2. The Morgan fingerprint density at radius 3 is 1.81 bits per heavy atom. The van der Waals surface area contributed by atoms with E-state index in [0.29, 0.717) is 6.42 Å². The quantitative estimate of drug-likeness (QED) is 0.0478. The summed E-state index contributed by atoms with van der Waals surface area (Å²) in [6.07, 6.45) is 16.7. The van der Waals surface area contributed by atoms with E-state index in [1.165, 1.54) is 71.1 Å². The molecule has 0 spiro atoms. The molecule has 4 amide bonds. The van der Waals surface area contributed by atoms with Gasteiger partial charge in [0.15, 0.2) is 0 Å². The molecule has 1 unspecified atom stereocenters. The number of unbranched alkanes of at least 4 members (excludes halogenated alkanes) is 13. The Hall–Kier alpha value is -1.72. The summed E-state index contributed by atoms with van der Waals surface area (Å²) in [6, 6.07) is -2.08. The number of alkyl halides is 1. The lowest BCUT2D eigenvalue weighted by Gasteiger charge is -2.19. The van der Waals surface area contributed by atoms with Crippen molar-refractivity contribution >= 4 is 43.1 Å². The van der Waals surface area contributed by atoms with E-state index in [0.717, 1.165) is 19.3 Å². The summed E-state index contributed by atoms with van der Waals surface area (Å²) in [4.78, 5) is 56.9. The highest BCUT2D eigenvalue weighted by atomic mass is 35.5. The molecule has 3 atom stereocenters. The number of phosphoric ester groups is 1. The Labute approximate surface area is 256 Å². The maximum Gasteiger partial charge on any atom is 0.472 e. The lowest BCUT2D eigenvalue weighted by molar-refractivity contribution is -0.130. The van der Waals surface area contributed by atoms with Gasteiger partial charge in [-0.15, -0.1) is 11.6 Å². The number of carbonyl (C=O) groups is 4. The summed E-state index contributed by atoms with van der Waals surface area (Å²) in [6.45, 7) is 3.47. The zero-order valence-electron chi connectivity index (χ0n) is 25.5. The first-order chi connectivity index (χ1) is 20.0. The van der Waals surface area contributed by atoms with Gasteiger partial charge in [-0.1, -0.05) is 90.4 Å². The molecule has 0 aliphatic heterocycles. The van der Waals surface area contributed by atoms with Crippen LogP contribution in [0.4, 0.5) is 0 Å². The van der Waals surface area contributed by atoms with Crippen molar-refractivity contribution in [2.45, 2.75) is 129 Å². The molecular formula is C28H54ClN4O8P. The molecule has 14 heteroatoms. The number of phosphoric acid groups is 1. The van der Waals surface area contributed by atoms with E-state index < -0.39 is 43.5 Å². The predicted octanol–water partition coefficient (Wildman–Crippen LogP) is 4.21. The first kappa shape index (κ1) is 40.3. The van der Waals surface area contributed by atoms with Crippen molar-refractivity contribution in [3.63, 3.8) is 0 Å². The molecule has 0 radical (unpaired) electrons. The van der Waals surface area contributed by atoms with E-state index in [-0.39, 0.29) is 38.5 Å². The molecule has 6 N–H and O–H groups in total. The molecule has 0 fully saturated rings. The van der Waals surface area contributed by atoms with Crippen LogP contribution in [0, 0.1) is 0 Å². The summed E-state index contributed by atoms with van der Waals surface area (Å²) in [5.74, 6) is -2.84. The highest BCUT2D eigenvalue weighted by Gasteiger charge is 2.24. The van der Waals surface area contributed by atoms with Gasteiger partial charge in [0.05, 0.1) is 13.2 Å². The number of amides is 4. The average molecular weight is 641 g/mol. The van der Waals surface area contributed by atoms with Gasteiger partial charge in [0, 0.05) is 13.0 Å². The molecule has 0 saturated carbocycles. The molecule has 0 aromatic heterocycles. The number of primary amides is 1. The molecule has 0 aromatic rings. The average Bonchev–Trinajstić information content (AvgIpc) is 2.94. The number of hydrogen-bond acceptors (Lipinski definition) is 7. The van der Waals surface area contributed by atoms with Crippen LogP contribution in [0.3, 0.4) is 0 Å². The molecule has 12 nitrogen and oxygen atoms in total. The van der Waals surface area contributed by atoms with E-state index >= 15 is 0 Å². The predicted molar refractivity (Wildman–Crippen MR) is 164 cm³/mol. The summed E-state index contributed by atoms with van der Waals surface area (Å²) < 4.78 is 21.9. The van der Waals surface area contributed by atoms with Crippen molar-refractivity contribution < 1.29 is 37.7 Å². The Kier molecular flexibility index (Phi) is 24.7. The van der Waals surface area contributed by atoms with Gasteiger partial charge in [0.25, 0.3) is 0 Å². The molecule has 0 aliphatic rings. The van der Waals surface area contributed by atoms with E-state index in [1.54, 1.807) is 0 Å². The van der Waals surface area contributed by atoms with E-state index in [1.807, 2.05) is 0 Å². The number of carbonyl (C=O) groups excluding carboxylic acids is 4. The van der Waals surface area contributed by atoms with Crippen molar-refractivity contribution in [3.8, 4) is 0 Å². The number of rotatable bonds is 28. The van der Waals surface area contributed by atoms with Gasteiger partial charge in [-0.25, -0.2) is 4.57 Å². The first-order valence-corrected chi connectivity index (χ1v) is 17.4. The fourth-order valence-electron chi connectivity index (χ4n) is 4.16. The maximum atomic E-state index is 12.1. The molecule has 0 bridgehead atoms.